The highest BCUT2D eigenvalue weighted by atomic mass is 16.1. The molecule has 1 heterocycles. The second-order valence-electron chi connectivity index (χ2n) is 3.30. The van der Waals surface area contributed by atoms with E-state index in [-0.39, 0.29) is 0 Å². The lowest BCUT2D eigenvalue weighted by molar-refractivity contribution is 0.112. The Balaban J connectivity index is 2.36. The van der Waals surface area contributed by atoms with E-state index in [1.165, 1.54) is 12.8 Å². The van der Waals surface area contributed by atoms with Crippen molar-refractivity contribution in [3.05, 3.63) is 29.1 Å². The minimum Gasteiger partial charge on any atom is -0.298 e. The number of rotatable bonds is 2. The second-order valence-corrected chi connectivity index (χ2v) is 3.30. The molecular formula is C10H11NO. The number of hydrogen-bond acceptors (Lipinski definition) is 2. The predicted molar refractivity (Wildman–Crippen MR) is 46.3 cm³/mol. The summed E-state index contributed by atoms with van der Waals surface area (Å²) in [4.78, 5) is 14.9. The maximum Gasteiger partial charge on any atom is 0.151 e. The summed E-state index contributed by atoms with van der Waals surface area (Å²) in [6, 6.07) is 3.83. The molecule has 0 N–H and O–H groups in total. The highest BCUT2D eigenvalue weighted by Crippen LogP contribution is 2.38. The third kappa shape index (κ3) is 1.24. The Bertz CT molecular complexity index is 316. The first-order valence-corrected chi connectivity index (χ1v) is 4.24. The van der Waals surface area contributed by atoms with Crippen molar-refractivity contribution in [2.75, 3.05) is 0 Å². The van der Waals surface area contributed by atoms with Gasteiger partial charge in [-0.25, -0.2) is 0 Å². The molecule has 0 radical (unpaired) electrons. The topological polar surface area (TPSA) is 30.0 Å². The van der Waals surface area contributed by atoms with Crippen molar-refractivity contribution < 1.29 is 4.79 Å². The Labute approximate surface area is 71.6 Å². The van der Waals surface area contributed by atoms with Crippen molar-refractivity contribution in [3.63, 3.8) is 0 Å². The second kappa shape index (κ2) is 2.70. The van der Waals surface area contributed by atoms with Gasteiger partial charge in [-0.3, -0.25) is 9.78 Å². The first kappa shape index (κ1) is 7.47. The zero-order chi connectivity index (χ0) is 8.55. The molecule has 2 rings (SSSR count). The highest BCUT2D eigenvalue weighted by Gasteiger charge is 2.24. The summed E-state index contributed by atoms with van der Waals surface area (Å²) in [5, 5.41) is 0. The van der Waals surface area contributed by atoms with Gasteiger partial charge in [0.25, 0.3) is 0 Å². The first-order valence-electron chi connectivity index (χ1n) is 4.24. The van der Waals surface area contributed by atoms with Gasteiger partial charge in [0.15, 0.2) is 6.29 Å². The fraction of sp³-hybridized carbons (Fsp3) is 0.400. The molecule has 0 spiro atoms. The fourth-order valence-corrected chi connectivity index (χ4v) is 1.32. The summed E-state index contributed by atoms with van der Waals surface area (Å²) < 4.78 is 0. The third-order valence-electron chi connectivity index (χ3n) is 2.27. The quantitative estimate of drug-likeness (QED) is 0.621. The van der Waals surface area contributed by atoms with E-state index in [0.29, 0.717) is 11.5 Å². The van der Waals surface area contributed by atoms with E-state index in [1.54, 1.807) is 0 Å². The molecule has 1 saturated carbocycles. The molecule has 0 aromatic carbocycles. The standard InChI is InChI=1S/C10H11NO/c1-7-9(6-12)4-5-10(11-7)8-2-3-8/h4-6,8H,2-3H2,1H3. The molecule has 0 unspecified atom stereocenters. The lowest BCUT2D eigenvalue weighted by Crippen LogP contribution is -1.94. The molecule has 1 aliphatic rings. The number of aromatic nitrogens is 1. The van der Waals surface area contributed by atoms with Gasteiger partial charge in [-0.1, -0.05) is 0 Å². The van der Waals surface area contributed by atoms with Crippen LogP contribution in [0.5, 0.6) is 0 Å². The summed E-state index contributed by atoms with van der Waals surface area (Å²) in [5.41, 5.74) is 2.71. The number of hydrogen-bond donors (Lipinski definition) is 0. The van der Waals surface area contributed by atoms with Crippen molar-refractivity contribution >= 4 is 6.29 Å². The average Bonchev–Trinajstić information content (AvgIpc) is 2.86. The summed E-state index contributed by atoms with van der Waals surface area (Å²) in [6.07, 6.45) is 3.37. The van der Waals surface area contributed by atoms with E-state index < -0.39 is 0 Å². The van der Waals surface area contributed by atoms with Gasteiger partial charge < -0.3 is 0 Å². The molecular weight excluding hydrogens is 150 g/mol. The highest BCUT2D eigenvalue weighted by molar-refractivity contribution is 5.76. The van der Waals surface area contributed by atoms with Crippen LogP contribution in [0.25, 0.3) is 0 Å². The van der Waals surface area contributed by atoms with E-state index in [2.05, 4.69) is 4.98 Å². The lowest BCUT2D eigenvalue weighted by atomic mass is 10.1. The monoisotopic (exact) mass is 161 g/mol. The normalized spacial score (nSPS) is 16.1. The molecule has 0 amide bonds. The molecule has 1 fully saturated rings. The van der Waals surface area contributed by atoms with Crippen molar-refractivity contribution in [3.8, 4) is 0 Å². The maximum absolute atomic E-state index is 10.5. The SMILES string of the molecule is Cc1nc(C2CC2)ccc1C=O. The Hall–Kier alpha value is -1.18. The van der Waals surface area contributed by atoms with Crippen molar-refractivity contribution in [2.45, 2.75) is 25.7 Å². The summed E-state index contributed by atoms with van der Waals surface area (Å²) in [5.74, 6) is 0.671. The zero-order valence-corrected chi connectivity index (χ0v) is 7.08. The number of carbonyl (C=O) groups is 1. The van der Waals surface area contributed by atoms with Gasteiger partial charge in [0.05, 0.1) is 0 Å². The zero-order valence-electron chi connectivity index (χ0n) is 7.08. The van der Waals surface area contributed by atoms with Crippen LogP contribution in [0.3, 0.4) is 0 Å². The van der Waals surface area contributed by atoms with E-state index in [0.717, 1.165) is 17.7 Å². The van der Waals surface area contributed by atoms with Crippen LogP contribution in [-0.2, 0) is 0 Å². The van der Waals surface area contributed by atoms with Crippen molar-refractivity contribution in [1.29, 1.82) is 0 Å². The van der Waals surface area contributed by atoms with E-state index in [1.807, 2.05) is 19.1 Å². The first-order chi connectivity index (χ1) is 5.81. The summed E-state index contributed by atoms with van der Waals surface area (Å²) in [6.45, 7) is 1.88. The van der Waals surface area contributed by atoms with Gasteiger partial charge in [0, 0.05) is 22.9 Å². The number of nitrogens with zero attached hydrogens (tertiary/aromatic N) is 1. The van der Waals surface area contributed by atoms with Gasteiger partial charge in [-0.2, -0.15) is 0 Å². The van der Waals surface area contributed by atoms with Crippen LogP contribution < -0.4 is 0 Å². The van der Waals surface area contributed by atoms with Gasteiger partial charge in [-0.05, 0) is 31.9 Å². The fourth-order valence-electron chi connectivity index (χ4n) is 1.32. The van der Waals surface area contributed by atoms with Crippen LogP contribution in [0.2, 0.25) is 0 Å². The van der Waals surface area contributed by atoms with Crippen LogP contribution in [-0.4, -0.2) is 11.3 Å². The molecule has 1 aromatic heterocycles. The van der Waals surface area contributed by atoms with E-state index in [9.17, 15) is 4.79 Å². The Morgan fingerprint density at radius 3 is 2.75 bits per heavy atom. The summed E-state index contributed by atoms with van der Waals surface area (Å²) in [7, 11) is 0. The molecule has 0 atom stereocenters. The van der Waals surface area contributed by atoms with Gasteiger partial charge in [0.1, 0.15) is 0 Å². The number of pyridine rings is 1. The van der Waals surface area contributed by atoms with Gasteiger partial charge in [0.2, 0.25) is 0 Å². The van der Waals surface area contributed by atoms with Crippen LogP contribution in [0.15, 0.2) is 12.1 Å². The largest absolute Gasteiger partial charge is 0.298 e. The smallest absolute Gasteiger partial charge is 0.151 e. The third-order valence-corrected chi connectivity index (χ3v) is 2.27. The van der Waals surface area contributed by atoms with E-state index >= 15 is 0 Å². The van der Waals surface area contributed by atoms with Crippen molar-refractivity contribution in [1.82, 2.24) is 4.98 Å². The van der Waals surface area contributed by atoms with Gasteiger partial charge in [-0.15, -0.1) is 0 Å². The predicted octanol–water partition coefficient (Wildman–Crippen LogP) is 2.08. The molecule has 2 heteroatoms. The minimum atomic E-state index is 0.671. The molecule has 2 nitrogen and oxygen atoms in total. The molecule has 12 heavy (non-hydrogen) atoms. The van der Waals surface area contributed by atoms with Crippen LogP contribution in [0, 0.1) is 6.92 Å². The Morgan fingerprint density at radius 2 is 2.25 bits per heavy atom. The molecule has 62 valence electrons. The minimum absolute atomic E-state index is 0.671. The van der Waals surface area contributed by atoms with E-state index in [4.69, 9.17) is 0 Å². The number of aryl methyl sites for hydroxylation is 1. The summed E-state index contributed by atoms with van der Waals surface area (Å²) >= 11 is 0. The molecule has 1 aromatic rings. The Morgan fingerprint density at radius 1 is 1.50 bits per heavy atom. The maximum atomic E-state index is 10.5. The molecule has 1 aliphatic carbocycles. The number of carbonyl (C=O) groups excluding carboxylic acids is 1. The van der Waals surface area contributed by atoms with Crippen LogP contribution >= 0.6 is 0 Å². The molecule has 0 saturated heterocycles. The average molecular weight is 161 g/mol. The molecule has 0 aliphatic heterocycles. The van der Waals surface area contributed by atoms with Crippen LogP contribution in [0.1, 0.15) is 40.5 Å². The molecule has 0 bridgehead atoms. The van der Waals surface area contributed by atoms with Crippen LogP contribution in [0.4, 0.5) is 0 Å². The number of aldehydes is 1. The van der Waals surface area contributed by atoms with Gasteiger partial charge >= 0.3 is 0 Å². The lowest BCUT2D eigenvalue weighted by Gasteiger charge is -2.00. The Kier molecular flexibility index (Phi) is 1.68. The van der Waals surface area contributed by atoms with Crippen molar-refractivity contribution in [2.24, 2.45) is 0 Å².